The van der Waals surface area contributed by atoms with Crippen LogP contribution in [-0.2, 0) is 17.2 Å². The van der Waals surface area contributed by atoms with Gasteiger partial charge in [-0.1, -0.05) is 13.8 Å². The van der Waals surface area contributed by atoms with Gasteiger partial charge in [-0.3, -0.25) is 4.21 Å². The minimum absolute atomic E-state index is 0.112. The van der Waals surface area contributed by atoms with E-state index in [2.05, 4.69) is 10.3 Å². The monoisotopic (exact) mass is 284 g/mol. The fourth-order valence-corrected chi connectivity index (χ4v) is 2.00. The molecule has 0 fully saturated rings. The maximum absolute atomic E-state index is 11.2. The number of hydrogen-bond acceptors (Lipinski definition) is 4. The zero-order valence-corrected chi connectivity index (χ0v) is 12.3. The van der Waals surface area contributed by atoms with E-state index in [0.717, 1.165) is 12.1 Å². The first kappa shape index (κ1) is 15.6. The summed E-state index contributed by atoms with van der Waals surface area (Å²) in [5, 5.41) is 12.2. The van der Waals surface area contributed by atoms with Gasteiger partial charge in [-0.05, 0) is 25.0 Å². The zero-order valence-electron chi connectivity index (χ0n) is 11.5. The molecule has 0 aromatic carbocycles. The van der Waals surface area contributed by atoms with Crippen molar-refractivity contribution in [1.29, 1.82) is 0 Å². The van der Waals surface area contributed by atoms with Crippen LogP contribution in [-0.4, -0.2) is 38.3 Å². The molecule has 0 aliphatic heterocycles. The number of aromatic nitrogens is 1. The maximum atomic E-state index is 11.2. The number of pyridine rings is 1. The van der Waals surface area contributed by atoms with Crippen molar-refractivity contribution in [2.24, 2.45) is 0 Å². The SMILES string of the molecule is CCc1cc(C(=O)O)cc(NCCC(C)S(C)=O)n1. The van der Waals surface area contributed by atoms with Gasteiger partial charge in [0.2, 0.25) is 0 Å². The predicted octanol–water partition coefficient (Wildman–Crippen LogP) is 1.91. The quantitative estimate of drug-likeness (QED) is 0.799. The lowest BCUT2D eigenvalue weighted by Gasteiger charge is -2.11. The van der Waals surface area contributed by atoms with Gasteiger partial charge in [0.25, 0.3) is 0 Å². The summed E-state index contributed by atoms with van der Waals surface area (Å²) < 4.78 is 11.2. The molecular formula is C13H20N2O3S. The summed E-state index contributed by atoms with van der Waals surface area (Å²) in [7, 11) is -0.840. The van der Waals surface area contributed by atoms with Crippen LogP contribution in [0, 0.1) is 0 Å². The van der Waals surface area contributed by atoms with Crippen molar-refractivity contribution in [2.45, 2.75) is 31.9 Å². The number of hydrogen-bond donors (Lipinski definition) is 2. The Balaban J connectivity index is 2.70. The summed E-state index contributed by atoms with van der Waals surface area (Å²) in [6, 6.07) is 3.10. The molecule has 0 amide bonds. The summed E-state index contributed by atoms with van der Waals surface area (Å²) in [5.41, 5.74) is 0.982. The highest BCUT2D eigenvalue weighted by Gasteiger charge is 2.09. The molecule has 0 saturated heterocycles. The second-order valence-corrected chi connectivity index (χ2v) is 6.22. The van der Waals surface area contributed by atoms with E-state index in [4.69, 9.17) is 5.11 Å². The molecule has 106 valence electrons. The number of aryl methyl sites for hydroxylation is 1. The average molecular weight is 284 g/mol. The highest BCUT2D eigenvalue weighted by molar-refractivity contribution is 7.84. The molecule has 2 N–H and O–H groups in total. The van der Waals surface area contributed by atoms with E-state index in [1.165, 1.54) is 6.07 Å². The maximum Gasteiger partial charge on any atom is 0.335 e. The Morgan fingerprint density at radius 2 is 2.21 bits per heavy atom. The Morgan fingerprint density at radius 1 is 1.53 bits per heavy atom. The number of rotatable bonds is 7. The van der Waals surface area contributed by atoms with Crippen LogP contribution in [0.1, 0.15) is 36.3 Å². The fourth-order valence-electron chi connectivity index (χ4n) is 1.55. The molecule has 2 atom stereocenters. The van der Waals surface area contributed by atoms with Crippen LogP contribution in [0.4, 0.5) is 5.82 Å². The van der Waals surface area contributed by atoms with Gasteiger partial charge < -0.3 is 10.4 Å². The predicted molar refractivity (Wildman–Crippen MR) is 77.2 cm³/mol. The largest absolute Gasteiger partial charge is 0.478 e. The standard InChI is InChI=1S/C13H20N2O3S/c1-4-11-7-10(13(16)17)8-12(15-11)14-6-5-9(2)19(3)18/h7-9H,4-6H2,1-3H3,(H,14,15)(H,16,17). The van der Waals surface area contributed by atoms with Gasteiger partial charge in [-0.15, -0.1) is 0 Å². The van der Waals surface area contributed by atoms with Crippen molar-refractivity contribution >= 4 is 22.6 Å². The van der Waals surface area contributed by atoms with Gasteiger partial charge >= 0.3 is 5.97 Å². The number of nitrogens with zero attached hydrogens (tertiary/aromatic N) is 1. The second-order valence-electron chi connectivity index (χ2n) is 4.42. The molecule has 0 saturated carbocycles. The van der Waals surface area contributed by atoms with Gasteiger partial charge in [0.15, 0.2) is 0 Å². The third-order valence-electron chi connectivity index (χ3n) is 2.91. The van der Waals surface area contributed by atoms with Gasteiger partial charge in [0.05, 0.1) is 5.56 Å². The van der Waals surface area contributed by atoms with Gasteiger partial charge in [0.1, 0.15) is 5.82 Å². The normalized spacial score (nSPS) is 13.8. The lowest BCUT2D eigenvalue weighted by Crippen LogP contribution is -2.15. The lowest BCUT2D eigenvalue weighted by atomic mass is 10.2. The van der Waals surface area contributed by atoms with Crippen molar-refractivity contribution in [3.8, 4) is 0 Å². The van der Waals surface area contributed by atoms with E-state index in [9.17, 15) is 9.00 Å². The summed E-state index contributed by atoms with van der Waals surface area (Å²) in [6.07, 6.45) is 3.12. The van der Waals surface area contributed by atoms with Crippen molar-refractivity contribution in [2.75, 3.05) is 18.1 Å². The summed E-state index contributed by atoms with van der Waals surface area (Å²) in [4.78, 5) is 15.3. The Labute approximate surface area is 115 Å². The Bertz CT molecular complexity index is 477. The van der Waals surface area contributed by atoms with Crippen LogP contribution in [0.2, 0.25) is 0 Å². The first-order valence-corrected chi connectivity index (χ1v) is 7.86. The Hall–Kier alpha value is -1.43. The second kappa shape index (κ2) is 7.23. The fraction of sp³-hybridized carbons (Fsp3) is 0.538. The third-order valence-corrected chi connectivity index (χ3v) is 4.28. The van der Waals surface area contributed by atoms with Gasteiger partial charge in [-0.2, -0.15) is 0 Å². The molecule has 1 aromatic rings. The Morgan fingerprint density at radius 3 is 2.74 bits per heavy atom. The molecule has 0 aliphatic carbocycles. The van der Waals surface area contributed by atoms with Crippen molar-refractivity contribution in [3.63, 3.8) is 0 Å². The average Bonchev–Trinajstić information content (AvgIpc) is 2.37. The first-order valence-electron chi connectivity index (χ1n) is 6.24. The summed E-state index contributed by atoms with van der Waals surface area (Å²) >= 11 is 0. The molecule has 0 aliphatic rings. The van der Waals surface area contributed by atoms with Crippen LogP contribution in [0.5, 0.6) is 0 Å². The van der Waals surface area contributed by atoms with Crippen molar-refractivity contribution < 1.29 is 14.1 Å². The number of nitrogens with one attached hydrogen (secondary N) is 1. The topological polar surface area (TPSA) is 79.3 Å². The number of carbonyl (C=O) groups is 1. The van der Waals surface area contributed by atoms with E-state index in [-0.39, 0.29) is 10.8 Å². The highest BCUT2D eigenvalue weighted by atomic mass is 32.2. The number of carboxylic acids is 1. The molecule has 1 rings (SSSR count). The number of aromatic carboxylic acids is 1. The van der Waals surface area contributed by atoms with E-state index in [1.54, 1.807) is 12.3 Å². The summed E-state index contributed by atoms with van der Waals surface area (Å²) in [5.74, 6) is -0.394. The minimum atomic E-state index is -0.955. The van der Waals surface area contributed by atoms with Crippen molar-refractivity contribution in [3.05, 3.63) is 23.4 Å². The molecular weight excluding hydrogens is 264 g/mol. The van der Waals surface area contributed by atoms with E-state index < -0.39 is 16.8 Å². The molecule has 5 nitrogen and oxygen atoms in total. The lowest BCUT2D eigenvalue weighted by molar-refractivity contribution is 0.0696. The van der Waals surface area contributed by atoms with Crippen LogP contribution in [0.15, 0.2) is 12.1 Å². The number of anilines is 1. The molecule has 19 heavy (non-hydrogen) atoms. The molecule has 1 heterocycles. The molecule has 1 aromatic heterocycles. The van der Waals surface area contributed by atoms with Crippen LogP contribution >= 0.6 is 0 Å². The van der Waals surface area contributed by atoms with Gasteiger partial charge in [0, 0.05) is 34.5 Å². The van der Waals surface area contributed by atoms with E-state index in [0.29, 0.717) is 18.8 Å². The van der Waals surface area contributed by atoms with Crippen LogP contribution < -0.4 is 5.32 Å². The highest BCUT2D eigenvalue weighted by Crippen LogP contribution is 2.12. The number of carboxylic acid groups (broad SMARTS) is 1. The molecule has 0 radical (unpaired) electrons. The van der Waals surface area contributed by atoms with Gasteiger partial charge in [-0.25, -0.2) is 9.78 Å². The summed E-state index contributed by atoms with van der Waals surface area (Å²) in [6.45, 7) is 4.48. The minimum Gasteiger partial charge on any atom is -0.478 e. The molecule has 0 spiro atoms. The van der Waals surface area contributed by atoms with Crippen LogP contribution in [0.3, 0.4) is 0 Å². The Kier molecular flexibility index (Phi) is 5.95. The molecule has 2 unspecified atom stereocenters. The van der Waals surface area contributed by atoms with E-state index in [1.807, 2.05) is 13.8 Å². The van der Waals surface area contributed by atoms with E-state index >= 15 is 0 Å². The first-order chi connectivity index (χ1) is 8.93. The van der Waals surface area contributed by atoms with Crippen molar-refractivity contribution in [1.82, 2.24) is 4.98 Å². The molecule has 6 heteroatoms. The smallest absolute Gasteiger partial charge is 0.335 e. The zero-order chi connectivity index (χ0) is 14.4. The van der Waals surface area contributed by atoms with Crippen LogP contribution in [0.25, 0.3) is 0 Å². The third kappa shape index (κ3) is 4.98. The molecule has 0 bridgehead atoms.